The fourth-order valence-electron chi connectivity index (χ4n) is 2.17. The van der Waals surface area contributed by atoms with Crippen molar-refractivity contribution in [3.05, 3.63) is 57.1 Å². The number of nitrogens with one attached hydrogen (secondary N) is 1. The summed E-state index contributed by atoms with van der Waals surface area (Å²) in [5.74, 6) is -1.19. The second kappa shape index (κ2) is 7.55. The molecular formula is C17H15Cl2NO4. The van der Waals surface area contributed by atoms with E-state index in [1.54, 1.807) is 26.0 Å². The van der Waals surface area contributed by atoms with Gasteiger partial charge in [0.05, 0.1) is 22.2 Å². The number of amides is 1. The van der Waals surface area contributed by atoms with Gasteiger partial charge in [0.1, 0.15) is 0 Å². The Labute approximate surface area is 149 Å². The maximum absolute atomic E-state index is 12.4. The van der Waals surface area contributed by atoms with Crippen LogP contribution in [0.15, 0.2) is 30.3 Å². The molecule has 0 spiro atoms. The molecule has 2 rings (SSSR count). The molecule has 126 valence electrons. The molecule has 7 heteroatoms. The molecule has 0 unspecified atom stereocenters. The average molecular weight is 368 g/mol. The summed E-state index contributed by atoms with van der Waals surface area (Å²) in [5, 5.41) is 12.3. The van der Waals surface area contributed by atoms with E-state index >= 15 is 0 Å². The Morgan fingerprint density at radius 3 is 2.38 bits per heavy atom. The zero-order chi connectivity index (χ0) is 17.9. The largest absolute Gasteiger partial charge is 0.491 e. The number of anilines is 1. The third-order valence-electron chi connectivity index (χ3n) is 3.36. The van der Waals surface area contributed by atoms with Crippen LogP contribution in [-0.2, 0) is 0 Å². The van der Waals surface area contributed by atoms with E-state index in [1.807, 2.05) is 0 Å². The third kappa shape index (κ3) is 3.80. The van der Waals surface area contributed by atoms with E-state index < -0.39 is 11.9 Å². The second-order valence-corrected chi connectivity index (χ2v) is 5.75. The summed E-state index contributed by atoms with van der Waals surface area (Å²) in [7, 11) is 0. The van der Waals surface area contributed by atoms with Gasteiger partial charge >= 0.3 is 5.97 Å². The van der Waals surface area contributed by atoms with Crippen LogP contribution in [0.5, 0.6) is 5.75 Å². The van der Waals surface area contributed by atoms with Crippen LogP contribution in [0.25, 0.3) is 0 Å². The highest BCUT2D eigenvalue weighted by molar-refractivity contribution is 6.37. The molecule has 5 nitrogen and oxygen atoms in total. The quantitative estimate of drug-likeness (QED) is 0.806. The van der Waals surface area contributed by atoms with Crippen LogP contribution in [0.1, 0.15) is 33.2 Å². The van der Waals surface area contributed by atoms with E-state index in [1.165, 1.54) is 18.2 Å². The molecular weight excluding hydrogens is 353 g/mol. The Kier molecular flexibility index (Phi) is 5.70. The molecule has 0 saturated carbocycles. The number of hydrogen-bond donors (Lipinski definition) is 2. The lowest BCUT2D eigenvalue weighted by molar-refractivity contribution is 0.0695. The van der Waals surface area contributed by atoms with Crippen molar-refractivity contribution in [1.29, 1.82) is 0 Å². The molecule has 24 heavy (non-hydrogen) atoms. The number of carbonyl (C=O) groups excluding carboxylic acids is 1. The minimum atomic E-state index is -1.06. The number of carbonyl (C=O) groups is 2. The van der Waals surface area contributed by atoms with Gasteiger partial charge < -0.3 is 15.2 Å². The lowest BCUT2D eigenvalue weighted by atomic mass is 10.1. The molecule has 0 atom stereocenters. The Morgan fingerprint density at radius 2 is 1.83 bits per heavy atom. The van der Waals surface area contributed by atoms with Crippen molar-refractivity contribution in [1.82, 2.24) is 0 Å². The number of rotatable bonds is 5. The number of hydrogen-bond acceptors (Lipinski definition) is 3. The molecule has 0 radical (unpaired) electrons. The predicted molar refractivity (Wildman–Crippen MR) is 93.7 cm³/mol. The molecule has 0 aliphatic carbocycles. The van der Waals surface area contributed by atoms with Crippen LogP contribution in [0, 0.1) is 6.92 Å². The monoisotopic (exact) mass is 367 g/mol. The molecule has 2 aromatic rings. The maximum atomic E-state index is 12.4. The molecule has 0 aromatic heterocycles. The van der Waals surface area contributed by atoms with Gasteiger partial charge in [0.15, 0.2) is 5.75 Å². The van der Waals surface area contributed by atoms with Crippen molar-refractivity contribution in [3.8, 4) is 5.75 Å². The fourth-order valence-corrected chi connectivity index (χ4v) is 2.77. The molecule has 0 aliphatic rings. The van der Waals surface area contributed by atoms with Gasteiger partial charge in [-0.05, 0) is 43.7 Å². The Balaban J connectivity index is 2.31. The molecule has 0 heterocycles. The van der Waals surface area contributed by atoms with Gasteiger partial charge in [-0.2, -0.15) is 0 Å². The normalized spacial score (nSPS) is 10.3. The van der Waals surface area contributed by atoms with Crippen LogP contribution in [0.2, 0.25) is 10.0 Å². The van der Waals surface area contributed by atoms with E-state index in [9.17, 15) is 9.59 Å². The van der Waals surface area contributed by atoms with E-state index in [2.05, 4.69) is 5.32 Å². The average Bonchev–Trinajstić information content (AvgIpc) is 2.52. The minimum absolute atomic E-state index is 0.121. The minimum Gasteiger partial charge on any atom is -0.491 e. The lowest BCUT2D eigenvalue weighted by Crippen LogP contribution is -2.14. The molecule has 0 fully saturated rings. The highest BCUT2D eigenvalue weighted by atomic mass is 35.5. The van der Waals surface area contributed by atoms with Crippen LogP contribution < -0.4 is 10.1 Å². The topological polar surface area (TPSA) is 75.6 Å². The molecule has 0 saturated heterocycles. The number of carboxylic acids is 1. The summed E-state index contributed by atoms with van der Waals surface area (Å²) in [6.45, 7) is 3.81. The van der Waals surface area contributed by atoms with Gasteiger partial charge in [-0.1, -0.05) is 29.3 Å². The number of benzene rings is 2. The maximum Gasteiger partial charge on any atom is 0.336 e. The summed E-state index contributed by atoms with van der Waals surface area (Å²) in [4.78, 5) is 23.6. The first-order valence-electron chi connectivity index (χ1n) is 7.11. The first-order valence-corrected chi connectivity index (χ1v) is 7.86. The van der Waals surface area contributed by atoms with E-state index in [0.717, 1.165) is 0 Å². The summed E-state index contributed by atoms with van der Waals surface area (Å²) in [6.07, 6.45) is 0. The Hall–Kier alpha value is -2.24. The van der Waals surface area contributed by atoms with Crippen LogP contribution in [0.3, 0.4) is 0 Å². The van der Waals surface area contributed by atoms with E-state index in [0.29, 0.717) is 23.6 Å². The van der Waals surface area contributed by atoms with Crippen LogP contribution in [-0.4, -0.2) is 23.6 Å². The van der Waals surface area contributed by atoms with Crippen molar-refractivity contribution in [2.45, 2.75) is 13.8 Å². The summed E-state index contributed by atoms with van der Waals surface area (Å²) in [6, 6.07) is 7.55. The highest BCUT2D eigenvalue weighted by Gasteiger charge is 2.16. The standard InChI is InChI=1S/C17H15Cl2NO4/c1-3-24-15-12(18)7-10(8-13(15)19)16(21)20-14-6-4-5-11(9(14)2)17(22)23/h4-8H,3H2,1-2H3,(H,20,21)(H,22,23). The number of ether oxygens (including phenoxy) is 1. The number of halogens is 2. The first kappa shape index (κ1) is 18.1. The fraction of sp³-hybridized carbons (Fsp3) is 0.176. The zero-order valence-corrected chi connectivity index (χ0v) is 14.5. The second-order valence-electron chi connectivity index (χ2n) is 4.94. The van der Waals surface area contributed by atoms with Gasteiger partial charge in [0.2, 0.25) is 0 Å². The summed E-state index contributed by atoms with van der Waals surface area (Å²) < 4.78 is 5.32. The van der Waals surface area contributed by atoms with Gasteiger partial charge in [0, 0.05) is 11.3 Å². The van der Waals surface area contributed by atoms with Crippen molar-refractivity contribution in [2.75, 3.05) is 11.9 Å². The summed E-state index contributed by atoms with van der Waals surface area (Å²) in [5.41, 5.74) is 1.23. The third-order valence-corrected chi connectivity index (χ3v) is 3.92. The Morgan fingerprint density at radius 1 is 1.21 bits per heavy atom. The van der Waals surface area contributed by atoms with Crippen molar-refractivity contribution < 1.29 is 19.4 Å². The molecule has 0 aliphatic heterocycles. The summed E-state index contributed by atoms with van der Waals surface area (Å²) >= 11 is 12.2. The van der Waals surface area contributed by atoms with Gasteiger partial charge in [-0.3, -0.25) is 4.79 Å². The van der Waals surface area contributed by atoms with Gasteiger partial charge in [0.25, 0.3) is 5.91 Å². The molecule has 2 aromatic carbocycles. The van der Waals surface area contributed by atoms with Crippen LogP contribution in [0.4, 0.5) is 5.69 Å². The molecule has 1 amide bonds. The highest BCUT2D eigenvalue weighted by Crippen LogP contribution is 2.34. The Bertz CT molecular complexity index is 782. The zero-order valence-electron chi connectivity index (χ0n) is 13.0. The molecule has 2 N–H and O–H groups in total. The smallest absolute Gasteiger partial charge is 0.336 e. The van der Waals surface area contributed by atoms with Gasteiger partial charge in [-0.15, -0.1) is 0 Å². The SMILES string of the molecule is CCOc1c(Cl)cc(C(=O)Nc2cccc(C(=O)O)c2C)cc1Cl. The van der Waals surface area contributed by atoms with Gasteiger partial charge in [-0.25, -0.2) is 4.79 Å². The first-order chi connectivity index (χ1) is 11.3. The van der Waals surface area contributed by atoms with Crippen molar-refractivity contribution in [3.63, 3.8) is 0 Å². The van der Waals surface area contributed by atoms with Crippen LogP contribution >= 0.6 is 23.2 Å². The number of carboxylic acid groups (broad SMARTS) is 1. The predicted octanol–water partition coefficient (Wildman–Crippen LogP) is 4.65. The van der Waals surface area contributed by atoms with E-state index in [-0.39, 0.29) is 21.2 Å². The molecule has 0 bridgehead atoms. The number of aromatic carboxylic acids is 1. The van der Waals surface area contributed by atoms with Crippen molar-refractivity contribution in [2.24, 2.45) is 0 Å². The van der Waals surface area contributed by atoms with Crippen molar-refractivity contribution >= 4 is 40.8 Å². The van der Waals surface area contributed by atoms with E-state index in [4.69, 9.17) is 33.0 Å². The lowest BCUT2D eigenvalue weighted by Gasteiger charge is -2.12.